The molecular formula is C15H20N2O5. The first-order valence-electron chi connectivity index (χ1n) is 7.21. The summed E-state index contributed by atoms with van der Waals surface area (Å²) in [5, 5.41) is 9.09. The van der Waals surface area contributed by atoms with Crippen LogP contribution in [0.4, 0.5) is 0 Å². The van der Waals surface area contributed by atoms with Crippen LogP contribution in [0, 0.1) is 5.92 Å². The van der Waals surface area contributed by atoms with Gasteiger partial charge in [-0.1, -0.05) is 0 Å². The molecule has 0 spiro atoms. The van der Waals surface area contributed by atoms with Gasteiger partial charge in [0.15, 0.2) is 0 Å². The molecule has 0 aliphatic carbocycles. The van der Waals surface area contributed by atoms with Gasteiger partial charge in [-0.3, -0.25) is 9.59 Å². The van der Waals surface area contributed by atoms with Crippen LogP contribution in [0.15, 0.2) is 18.3 Å². The molecule has 1 fully saturated rings. The summed E-state index contributed by atoms with van der Waals surface area (Å²) in [6, 6.07) is 3.18. The van der Waals surface area contributed by atoms with Crippen LogP contribution in [0.5, 0.6) is 5.88 Å². The standard InChI is InChI=1S/C15H20N2O5/c1-21-7-8-22-13-9-11(4-5-16-13)14(18)17-6-2-3-12(10-17)15(19)20/h4-5,9,12H,2-3,6-8,10H2,1H3,(H,19,20)/t12-/m0/s1. The lowest BCUT2D eigenvalue weighted by Crippen LogP contribution is -2.42. The van der Waals surface area contributed by atoms with E-state index in [1.165, 1.54) is 6.20 Å². The first-order valence-corrected chi connectivity index (χ1v) is 7.21. The van der Waals surface area contributed by atoms with E-state index in [1.54, 1.807) is 24.1 Å². The third-order valence-corrected chi connectivity index (χ3v) is 3.58. The summed E-state index contributed by atoms with van der Waals surface area (Å²) in [7, 11) is 1.58. The first-order chi connectivity index (χ1) is 10.6. The molecule has 0 radical (unpaired) electrons. The van der Waals surface area contributed by atoms with Crippen LogP contribution >= 0.6 is 0 Å². The van der Waals surface area contributed by atoms with E-state index in [0.717, 1.165) is 0 Å². The Hall–Kier alpha value is -2.15. The van der Waals surface area contributed by atoms with Gasteiger partial charge in [0.05, 0.1) is 12.5 Å². The number of carbonyl (C=O) groups excluding carboxylic acids is 1. The number of carboxylic acid groups (broad SMARTS) is 1. The maximum Gasteiger partial charge on any atom is 0.308 e. The number of amides is 1. The molecule has 7 nitrogen and oxygen atoms in total. The van der Waals surface area contributed by atoms with Crippen molar-refractivity contribution in [2.24, 2.45) is 5.92 Å². The maximum atomic E-state index is 12.5. The van der Waals surface area contributed by atoms with Crippen LogP contribution in [0.2, 0.25) is 0 Å². The number of piperidine rings is 1. The van der Waals surface area contributed by atoms with Crippen molar-refractivity contribution in [1.82, 2.24) is 9.88 Å². The fraction of sp³-hybridized carbons (Fsp3) is 0.533. The SMILES string of the molecule is COCCOc1cc(C(=O)N2CCC[C@H](C(=O)O)C2)ccn1. The molecule has 1 atom stereocenters. The van der Waals surface area contributed by atoms with Crippen LogP contribution in [0.25, 0.3) is 0 Å². The summed E-state index contributed by atoms with van der Waals surface area (Å²) in [5.74, 6) is -1.17. The molecule has 2 heterocycles. The van der Waals surface area contributed by atoms with Gasteiger partial charge in [-0.25, -0.2) is 4.98 Å². The highest BCUT2D eigenvalue weighted by molar-refractivity contribution is 5.94. The minimum absolute atomic E-state index is 0.190. The van der Waals surface area contributed by atoms with Gasteiger partial charge in [0.1, 0.15) is 6.61 Å². The van der Waals surface area contributed by atoms with E-state index in [4.69, 9.17) is 14.6 Å². The molecule has 7 heteroatoms. The number of nitrogens with zero attached hydrogens (tertiary/aromatic N) is 2. The zero-order valence-electron chi connectivity index (χ0n) is 12.5. The Bertz CT molecular complexity index is 534. The predicted octanol–water partition coefficient (Wildman–Crippen LogP) is 1.04. The summed E-state index contributed by atoms with van der Waals surface area (Å²) in [4.78, 5) is 29.2. The number of carboxylic acids is 1. The van der Waals surface area contributed by atoms with Crippen molar-refractivity contribution >= 4 is 11.9 Å². The van der Waals surface area contributed by atoms with E-state index in [1.807, 2.05) is 0 Å². The monoisotopic (exact) mass is 308 g/mol. The fourth-order valence-electron chi connectivity index (χ4n) is 2.40. The molecule has 1 aromatic rings. The molecule has 1 aromatic heterocycles. The van der Waals surface area contributed by atoms with E-state index < -0.39 is 11.9 Å². The number of likely N-dealkylation sites (tertiary alicyclic amines) is 1. The molecule has 1 N–H and O–H groups in total. The normalized spacial score (nSPS) is 18.0. The number of pyridine rings is 1. The Balaban J connectivity index is 2.02. The van der Waals surface area contributed by atoms with Gasteiger partial charge in [0, 0.05) is 38.0 Å². The van der Waals surface area contributed by atoms with Crippen molar-refractivity contribution in [3.05, 3.63) is 23.9 Å². The Morgan fingerprint density at radius 2 is 2.27 bits per heavy atom. The number of carbonyl (C=O) groups is 2. The smallest absolute Gasteiger partial charge is 0.308 e. The molecule has 0 aromatic carbocycles. The van der Waals surface area contributed by atoms with Gasteiger partial charge in [-0.2, -0.15) is 0 Å². The van der Waals surface area contributed by atoms with Crippen molar-refractivity contribution in [3.8, 4) is 5.88 Å². The first kappa shape index (κ1) is 16.2. The van der Waals surface area contributed by atoms with Gasteiger partial charge < -0.3 is 19.5 Å². The summed E-state index contributed by atoms with van der Waals surface area (Å²) in [5.41, 5.74) is 0.452. The molecule has 1 amide bonds. The maximum absolute atomic E-state index is 12.5. The fourth-order valence-corrected chi connectivity index (χ4v) is 2.40. The lowest BCUT2D eigenvalue weighted by molar-refractivity contribution is -0.143. The van der Waals surface area contributed by atoms with Crippen LogP contribution in [0.1, 0.15) is 23.2 Å². The van der Waals surface area contributed by atoms with E-state index in [-0.39, 0.29) is 12.5 Å². The van der Waals surface area contributed by atoms with Gasteiger partial charge >= 0.3 is 5.97 Å². The summed E-state index contributed by atoms with van der Waals surface area (Å²) >= 11 is 0. The number of ether oxygens (including phenoxy) is 2. The van der Waals surface area contributed by atoms with E-state index in [2.05, 4.69) is 4.98 Å². The molecule has 0 unspecified atom stereocenters. The molecule has 22 heavy (non-hydrogen) atoms. The Kier molecular flexibility index (Phi) is 5.71. The largest absolute Gasteiger partial charge is 0.481 e. The number of rotatable bonds is 6. The van der Waals surface area contributed by atoms with Gasteiger partial charge in [-0.05, 0) is 18.9 Å². The van der Waals surface area contributed by atoms with Gasteiger partial charge in [0.2, 0.25) is 5.88 Å². The number of hydrogen-bond acceptors (Lipinski definition) is 5. The molecule has 1 aliphatic rings. The zero-order valence-corrected chi connectivity index (χ0v) is 12.5. The van der Waals surface area contributed by atoms with Crippen LogP contribution < -0.4 is 4.74 Å². The van der Waals surface area contributed by atoms with E-state index in [0.29, 0.717) is 44.0 Å². The number of aromatic nitrogens is 1. The molecular weight excluding hydrogens is 288 g/mol. The van der Waals surface area contributed by atoms with Gasteiger partial charge in [-0.15, -0.1) is 0 Å². The molecule has 1 aliphatic heterocycles. The zero-order chi connectivity index (χ0) is 15.9. The highest BCUT2D eigenvalue weighted by Gasteiger charge is 2.28. The summed E-state index contributed by atoms with van der Waals surface area (Å²) < 4.78 is 10.3. The lowest BCUT2D eigenvalue weighted by Gasteiger charge is -2.30. The van der Waals surface area contributed by atoms with Crippen molar-refractivity contribution in [2.75, 3.05) is 33.4 Å². The predicted molar refractivity (Wildman–Crippen MR) is 77.9 cm³/mol. The van der Waals surface area contributed by atoms with Crippen LogP contribution in [-0.2, 0) is 9.53 Å². The van der Waals surface area contributed by atoms with Crippen molar-refractivity contribution < 1.29 is 24.2 Å². The average Bonchev–Trinajstić information content (AvgIpc) is 2.55. The van der Waals surface area contributed by atoms with Crippen molar-refractivity contribution in [3.63, 3.8) is 0 Å². The second-order valence-corrected chi connectivity index (χ2v) is 5.15. The third kappa shape index (κ3) is 4.17. The highest BCUT2D eigenvalue weighted by Crippen LogP contribution is 2.20. The summed E-state index contributed by atoms with van der Waals surface area (Å²) in [6.07, 6.45) is 2.82. The second kappa shape index (κ2) is 7.74. The number of methoxy groups -OCH3 is 1. The average molecular weight is 308 g/mol. The quantitative estimate of drug-likeness (QED) is 0.790. The Morgan fingerprint density at radius 3 is 3.00 bits per heavy atom. The molecule has 0 bridgehead atoms. The third-order valence-electron chi connectivity index (χ3n) is 3.58. The van der Waals surface area contributed by atoms with Crippen LogP contribution in [0.3, 0.4) is 0 Å². The Morgan fingerprint density at radius 1 is 1.45 bits per heavy atom. The molecule has 2 rings (SSSR count). The van der Waals surface area contributed by atoms with Gasteiger partial charge in [0.25, 0.3) is 5.91 Å². The summed E-state index contributed by atoms with van der Waals surface area (Å²) in [6.45, 7) is 1.61. The topological polar surface area (TPSA) is 89.0 Å². The number of hydrogen-bond donors (Lipinski definition) is 1. The molecule has 1 saturated heterocycles. The highest BCUT2D eigenvalue weighted by atomic mass is 16.5. The number of aliphatic carboxylic acids is 1. The van der Waals surface area contributed by atoms with Crippen molar-refractivity contribution in [1.29, 1.82) is 0 Å². The Labute approximate surface area is 128 Å². The van der Waals surface area contributed by atoms with E-state index in [9.17, 15) is 9.59 Å². The van der Waals surface area contributed by atoms with E-state index >= 15 is 0 Å². The molecule has 0 saturated carbocycles. The molecule has 120 valence electrons. The second-order valence-electron chi connectivity index (χ2n) is 5.15. The van der Waals surface area contributed by atoms with Crippen LogP contribution in [-0.4, -0.2) is 60.3 Å². The minimum Gasteiger partial charge on any atom is -0.481 e. The van der Waals surface area contributed by atoms with Crippen molar-refractivity contribution in [2.45, 2.75) is 12.8 Å². The minimum atomic E-state index is -0.851. The lowest BCUT2D eigenvalue weighted by atomic mass is 9.98.